The lowest BCUT2D eigenvalue weighted by molar-refractivity contribution is -0.400. The Kier molecular flexibility index (Phi) is 2.37. The van der Waals surface area contributed by atoms with Gasteiger partial charge in [-0.05, 0) is 12.1 Å². The second-order valence-electron chi connectivity index (χ2n) is 2.08. The standard InChI is InChI=1S/C7H7N3O2/c8-7-6(2-1-4-9-7)3-5-10(11)12/h1-5H,(H2,8,9)/b5-3+. The number of anilines is 1. The van der Waals surface area contributed by atoms with Gasteiger partial charge in [-0.3, -0.25) is 10.1 Å². The Hall–Kier alpha value is -1.91. The van der Waals surface area contributed by atoms with Gasteiger partial charge in [-0.2, -0.15) is 0 Å². The summed E-state index contributed by atoms with van der Waals surface area (Å²) in [6.45, 7) is 0. The summed E-state index contributed by atoms with van der Waals surface area (Å²) in [7, 11) is 0. The molecule has 0 fully saturated rings. The molecule has 0 spiro atoms. The summed E-state index contributed by atoms with van der Waals surface area (Å²) < 4.78 is 0. The zero-order valence-corrected chi connectivity index (χ0v) is 6.18. The van der Waals surface area contributed by atoms with Gasteiger partial charge in [0.1, 0.15) is 5.82 Å². The fourth-order valence-electron chi connectivity index (χ4n) is 0.712. The Morgan fingerprint density at radius 3 is 3.00 bits per heavy atom. The molecule has 2 N–H and O–H groups in total. The van der Waals surface area contributed by atoms with Crippen LogP contribution in [0.1, 0.15) is 5.56 Å². The largest absolute Gasteiger partial charge is 0.383 e. The minimum Gasteiger partial charge on any atom is -0.383 e. The van der Waals surface area contributed by atoms with E-state index in [1.807, 2.05) is 0 Å². The first kappa shape index (κ1) is 8.19. The maximum absolute atomic E-state index is 9.94. The van der Waals surface area contributed by atoms with E-state index in [4.69, 9.17) is 5.73 Å². The van der Waals surface area contributed by atoms with Gasteiger partial charge in [-0.25, -0.2) is 4.98 Å². The number of aromatic nitrogens is 1. The molecule has 0 unspecified atom stereocenters. The van der Waals surface area contributed by atoms with Crippen molar-refractivity contribution in [3.8, 4) is 0 Å². The molecule has 0 atom stereocenters. The minimum atomic E-state index is -0.549. The number of nitro groups is 1. The van der Waals surface area contributed by atoms with E-state index in [9.17, 15) is 10.1 Å². The molecular formula is C7H7N3O2. The number of hydrogen-bond donors (Lipinski definition) is 1. The number of nitrogens with zero attached hydrogens (tertiary/aromatic N) is 2. The van der Waals surface area contributed by atoms with Crippen LogP contribution < -0.4 is 5.73 Å². The highest BCUT2D eigenvalue weighted by atomic mass is 16.6. The van der Waals surface area contributed by atoms with E-state index in [1.54, 1.807) is 12.1 Å². The molecule has 12 heavy (non-hydrogen) atoms. The predicted molar refractivity (Wildman–Crippen MR) is 44.7 cm³/mol. The lowest BCUT2D eigenvalue weighted by Crippen LogP contribution is -1.92. The van der Waals surface area contributed by atoms with Crippen LogP contribution in [0.4, 0.5) is 5.82 Å². The lowest BCUT2D eigenvalue weighted by atomic mass is 10.2. The molecule has 0 saturated heterocycles. The van der Waals surface area contributed by atoms with Crippen molar-refractivity contribution in [2.24, 2.45) is 0 Å². The van der Waals surface area contributed by atoms with E-state index < -0.39 is 4.92 Å². The first-order valence-corrected chi connectivity index (χ1v) is 3.22. The van der Waals surface area contributed by atoms with Gasteiger partial charge < -0.3 is 5.73 Å². The van der Waals surface area contributed by atoms with Crippen molar-refractivity contribution in [1.82, 2.24) is 4.98 Å². The average Bonchev–Trinajstić information content (AvgIpc) is 2.03. The van der Waals surface area contributed by atoms with Gasteiger partial charge in [-0.15, -0.1) is 0 Å². The molecule has 0 aliphatic rings. The molecule has 1 heterocycles. The molecule has 1 aromatic rings. The third-order valence-corrected chi connectivity index (χ3v) is 1.25. The van der Waals surface area contributed by atoms with Crippen LogP contribution in [-0.2, 0) is 0 Å². The third-order valence-electron chi connectivity index (χ3n) is 1.25. The van der Waals surface area contributed by atoms with Gasteiger partial charge in [0.25, 0.3) is 0 Å². The SMILES string of the molecule is Nc1ncccc1/C=C/[N+](=O)[O-]. The molecule has 0 radical (unpaired) electrons. The summed E-state index contributed by atoms with van der Waals surface area (Å²) in [6.07, 6.45) is 3.66. The Morgan fingerprint density at radius 2 is 2.42 bits per heavy atom. The molecular weight excluding hydrogens is 158 g/mol. The molecule has 1 aromatic heterocycles. The molecule has 5 nitrogen and oxygen atoms in total. The highest BCUT2D eigenvalue weighted by Gasteiger charge is 1.94. The molecule has 0 saturated carbocycles. The van der Waals surface area contributed by atoms with Crippen LogP contribution in [0.15, 0.2) is 24.5 Å². The smallest absolute Gasteiger partial charge is 0.235 e. The average molecular weight is 165 g/mol. The zero-order valence-electron chi connectivity index (χ0n) is 6.18. The molecule has 0 aliphatic carbocycles. The molecule has 1 rings (SSSR count). The van der Waals surface area contributed by atoms with Crippen molar-refractivity contribution < 1.29 is 4.92 Å². The van der Waals surface area contributed by atoms with E-state index in [0.717, 1.165) is 6.20 Å². The van der Waals surface area contributed by atoms with Crippen molar-refractivity contribution >= 4 is 11.9 Å². The molecule has 0 amide bonds. The first-order valence-electron chi connectivity index (χ1n) is 3.22. The molecule has 0 bridgehead atoms. The van der Waals surface area contributed by atoms with E-state index in [-0.39, 0.29) is 5.82 Å². The van der Waals surface area contributed by atoms with Crippen molar-refractivity contribution in [2.45, 2.75) is 0 Å². The van der Waals surface area contributed by atoms with E-state index >= 15 is 0 Å². The highest BCUT2D eigenvalue weighted by Crippen LogP contribution is 2.08. The molecule has 0 aromatic carbocycles. The normalized spacial score (nSPS) is 10.3. The number of rotatable bonds is 2. The monoisotopic (exact) mass is 165 g/mol. The lowest BCUT2D eigenvalue weighted by Gasteiger charge is -1.94. The summed E-state index contributed by atoms with van der Waals surface area (Å²) in [5.41, 5.74) is 5.97. The topological polar surface area (TPSA) is 82.0 Å². The van der Waals surface area contributed by atoms with E-state index in [2.05, 4.69) is 4.98 Å². The van der Waals surface area contributed by atoms with Gasteiger partial charge in [-0.1, -0.05) is 0 Å². The molecule has 0 aliphatic heterocycles. The number of hydrogen-bond acceptors (Lipinski definition) is 4. The van der Waals surface area contributed by atoms with Crippen LogP contribution in [-0.4, -0.2) is 9.91 Å². The first-order chi connectivity index (χ1) is 5.70. The second kappa shape index (κ2) is 3.47. The van der Waals surface area contributed by atoms with Crippen molar-refractivity contribution in [2.75, 3.05) is 5.73 Å². The predicted octanol–water partition coefficient (Wildman–Crippen LogP) is 0.911. The van der Waals surface area contributed by atoms with Gasteiger partial charge in [0, 0.05) is 17.8 Å². The van der Waals surface area contributed by atoms with Crippen molar-refractivity contribution in [3.05, 3.63) is 40.2 Å². The van der Waals surface area contributed by atoms with Crippen LogP contribution in [0.25, 0.3) is 6.08 Å². The summed E-state index contributed by atoms with van der Waals surface area (Å²) in [4.78, 5) is 13.2. The zero-order chi connectivity index (χ0) is 8.97. The fourth-order valence-corrected chi connectivity index (χ4v) is 0.712. The summed E-state index contributed by atoms with van der Waals surface area (Å²) >= 11 is 0. The van der Waals surface area contributed by atoms with Crippen LogP contribution in [0.3, 0.4) is 0 Å². The summed E-state index contributed by atoms with van der Waals surface area (Å²) in [5, 5.41) is 9.94. The van der Waals surface area contributed by atoms with Crippen LogP contribution >= 0.6 is 0 Å². The van der Waals surface area contributed by atoms with E-state index in [1.165, 1.54) is 12.3 Å². The van der Waals surface area contributed by atoms with Crippen LogP contribution in [0.5, 0.6) is 0 Å². The molecule has 62 valence electrons. The number of pyridine rings is 1. The number of nitrogens with two attached hydrogens (primary N) is 1. The van der Waals surface area contributed by atoms with Crippen molar-refractivity contribution in [3.63, 3.8) is 0 Å². The summed E-state index contributed by atoms with van der Waals surface area (Å²) in [6, 6.07) is 3.32. The van der Waals surface area contributed by atoms with E-state index in [0.29, 0.717) is 5.56 Å². The Labute approximate surface area is 68.7 Å². The maximum Gasteiger partial charge on any atom is 0.235 e. The number of nitrogen functional groups attached to an aromatic ring is 1. The van der Waals surface area contributed by atoms with Gasteiger partial charge >= 0.3 is 0 Å². The van der Waals surface area contributed by atoms with Gasteiger partial charge in [0.2, 0.25) is 6.20 Å². The Morgan fingerprint density at radius 1 is 1.67 bits per heavy atom. The quantitative estimate of drug-likeness (QED) is 0.521. The van der Waals surface area contributed by atoms with Crippen molar-refractivity contribution in [1.29, 1.82) is 0 Å². The van der Waals surface area contributed by atoms with Gasteiger partial charge in [0.15, 0.2) is 0 Å². The maximum atomic E-state index is 9.94. The Balaban J connectivity index is 2.89. The highest BCUT2D eigenvalue weighted by molar-refractivity contribution is 5.59. The van der Waals surface area contributed by atoms with Crippen LogP contribution in [0.2, 0.25) is 0 Å². The third kappa shape index (κ3) is 2.05. The second-order valence-corrected chi connectivity index (χ2v) is 2.08. The minimum absolute atomic E-state index is 0.288. The summed E-state index contributed by atoms with van der Waals surface area (Å²) in [5.74, 6) is 0.288. The fraction of sp³-hybridized carbons (Fsp3) is 0. The van der Waals surface area contributed by atoms with Crippen LogP contribution in [0, 0.1) is 10.1 Å². The Bertz CT molecular complexity index is 322. The molecule has 5 heteroatoms. The van der Waals surface area contributed by atoms with Gasteiger partial charge in [0.05, 0.1) is 4.92 Å².